The first-order valence-electron chi connectivity index (χ1n) is 6.17. The standard InChI is InChI=1S/C12H24F2N2/c1-8(2)10-6-16(7-12(13)14)11(5-15-10)9(3)4/h8-12,15H,5-7H2,1-4H3. The maximum Gasteiger partial charge on any atom is 0.251 e. The number of nitrogens with one attached hydrogen (secondary N) is 1. The Bertz CT molecular complexity index is 207. The van der Waals surface area contributed by atoms with E-state index >= 15 is 0 Å². The summed E-state index contributed by atoms with van der Waals surface area (Å²) in [6.07, 6.45) is -2.23. The van der Waals surface area contributed by atoms with Gasteiger partial charge in [-0.15, -0.1) is 0 Å². The zero-order chi connectivity index (χ0) is 12.3. The average Bonchev–Trinajstić information content (AvgIpc) is 2.15. The molecule has 1 N–H and O–H groups in total. The fraction of sp³-hybridized carbons (Fsp3) is 1.00. The first kappa shape index (κ1) is 13.8. The molecule has 1 fully saturated rings. The number of alkyl halides is 2. The van der Waals surface area contributed by atoms with Gasteiger partial charge in [0.05, 0.1) is 6.54 Å². The summed E-state index contributed by atoms with van der Waals surface area (Å²) in [5.41, 5.74) is 0. The van der Waals surface area contributed by atoms with Crippen LogP contribution in [0.5, 0.6) is 0 Å². The number of halogens is 2. The molecule has 0 spiro atoms. The predicted octanol–water partition coefficient (Wildman–Crippen LogP) is 2.21. The van der Waals surface area contributed by atoms with E-state index in [1.165, 1.54) is 0 Å². The van der Waals surface area contributed by atoms with Crippen LogP contribution in [0.4, 0.5) is 8.78 Å². The van der Waals surface area contributed by atoms with Crippen molar-refractivity contribution in [2.24, 2.45) is 11.8 Å². The fourth-order valence-corrected chi connectivity index (χ4v) is 2.34. The quantitative estimate of drug-likeness (QED) is 0.802. The summed E-state index contributed by atoms with van der Waals surface area (Å²) in [6.45, 7) is 9.94. The molecular formula is C12H24F2N2. The van der Waals surface area contributed by atoms with Crippen LogP contribution >= 0.6 is 0 Å². The number of rotatable bonds is 4. The molecule has 0 aromatic rings. The molecule has 2 nitrogen and oxygen atoms in total. The van der Waals surface area contributed by atoms with Crippen molar-refractivity contribution in [2.75, 3.05) is 19.6 Å². The maximum absolute atomic E-state index is 12.5. The normalized spacial score (nSPS) is 28.3. The van der Waals surface area contributed by atoms with Crippen molar-refractivity contribution in [3.63, 3.8) is 0 Å². The summed E-state index contributed by atoms with van der Waals surface area (Å²) in [5, 5.41) is 3.47. The van der Waals surface area contributed by atoms with E-state index < -0.39 is 6.43 Å². The molecule has 2 unspecified atom stereocenters. The average molecular weight is 234 g/mol. The van der Waals surface area contributed by atoms with Gasteiger partial charge in [0, 0.05) is 25.2 Å². The van der Waals surface area contributed by atoms with Gasteiger partial charge in [0.2, 0.25) is 0 Å². The first-order valence-corrected chi connectivity index (χ1v) is 6.17. The molecule has 0 aliphatic carbocycles. The lowest BCUT2D eigenvalue weighted by atomic mass is 9.94. The van der Waals surface area contributed by atoms with E-state index in [2.05, 4.69) is 33.0 Å². The molecule has 1 heterocycles. The fourth-order valence-electron chi connectivity index (χ4n) is 2.34. The van der Waals surface area contributed by atoms with Crippen LogP contribution in [0.2, 0.25) is 0 Å². The zero-order valence-corrected chi connectivity index (χ0v) is 10.7. The van der Waals surface area contributed by atoms with Crippen molar-refractivity contribution in [1.29, 1.82) is 0 Å². The minimum atomic E-state index is -2.23. The van der Waals surface area contributed by atoms with Crippen molar-refractivity contribution in [2.45, 2.75) is 46.2 Å². The lowest BCUT2D eigenvalue weighted by Crippen LogP contribution is -2.60. The van der Waals surface area contributed by atoms with Crippen molar-refractivity contribution >= 4 is 0 Å². The Balaban J connectivity index is 2.61. The monoisotopic (exact) mass is 234 g/mol. The van der Waals surface area contributed by atoms with Gasteiger partial charge in [-0.25, -0.2) is 8.78 Å². The second kappa shape index (κ2) is 5.92. The molecule has 16 heavy (non-hydrogen) atoms. The molecule has 1 rings (SSSR count). The van der Waals surface area contributed by atoms with Gasteiger partial charge in [-0.05, 0) is 11.8 Å². The Morgan fingerprint density at radius 1 is 1.19 bits per heavy atom. The van der Waals surface area contributed by atoms with E-state index in [0.717, 1.165) is 13.1 Å². The smallest absolute Gasteiger partial charge is 0.251 e. The Kier molecular flexibility index (Phi) is 5.12. The molecule has 0 bridgehead atoms. The van der Waals surface area contributed by atoms with Crippen LogP contribution in [-0.2, 0) is 0 Å². The summed E-state index contributed by atoms with van der Waals surface area (Å²) in [4.78, 5) is 1.95. The molecule has 2 atom stereocenters. The largest absolute Gasteiger partial charge is 0.311 e. The summed E-state index contributed by atoms with van der Waals surface area (Å²) < 4.78 is 25.0. The molecule has 96 valence electrons. The van der Waals surface area contributed by atoms with Crippen molar-refractivity contribution in [3.8, 4) is 0 Å². The van der Waals surface area contributed by atoms with Crippen LogP contribution in [0, 0.1) is 11.8 Å². The summed E-state index contributed by atoms with van der Waals surface area (Å²) in [5.74, 6) is 0.910. The molecule has 1 aliphatic heterocycles. The Morgan fingerprint density at radius 2 is 1.81 bits per heavy atom. The minimum absolute atomic E-state index is 0.0895. The highest BCUT2D eigenvalue weighted by atomic mass is 19.3. The zero-order valence-electron chi connectivity index (χ0n) is 10.7. The van der Waals surface area contributed by atoms with E-state index in [1.807, 2.05) is 4.90 Å². The molecule has 0 aromatic carbocycles. The third-order valence-corrected chi connectivity index (χ3v) is 3.44. The van der Waals surface area contributed by atoms with Gasteiger partial charge >= 0.3 is 0 Å². The Labute approximate surface area is 97.4 Å². The minimum Gasteiger partial charge on any atom is -0.311 e. The van der Waals surface area contributed by atoms with Crippen LogP contribution in [0.25, 0.3) is 0 Å². The lowest BCUT2D eigenvalue weighted by Gasteiger charge is -2.43. The Morgan fingerprint density at radius 3 is 2.25 bits per heavy atom. The number of hydrogen-bond acceptors (Lipinski definition) is 2. The van der Waals surface area contributed by atoms with E-state index in [0.29, 0.717) is 17.9 Å². The van der Waals surface area contributed by atoms with Gasteiger partial charge in [0.15, 0.2) is 0 Å². The summed E-state index contributed by atoms with van der Waals surface area (Å²) >= 11 is 0. The van der Waals surface area contributed by atoms with Gasteiger partial charge in [-0.3, -0.25) is 4.90 Å². The van der Waals surface area contributed by atoms with Crippen molar-refractivity contribution < 1.29 is 8.78 Å². The van der Waals surface area contributed by atoms with Crippen LogP contribution in [0.1, 0.15) is 27.7 Å². The van der Waals surface area contributed by atoms with Crippen LogP contribution < -0.4 is 5.32 Å². The van der Waals surface area contributed by atoms with Crippen LogP contribution in [-0.4, -0.2) is 43.0 Å². The molecule has 0 radical (unpaired) electrons. The number of nitrogens with zero attached hydrogens (tertiary/aromatic N) is 1. The van der Waals surface area contributed by atoms with Crippen LogP contribution in [0.3, 0.4) is 0 Å². The molecule has 1 saturated heterocycles. The predicted molar refractivity (Wildman–Crippen MR) is 62.8 cm³/mol. The topological polar surface area (TPSA) is 15.3 Å². The molecule has 0 saturated carbocycles. The molecule has 0 amide bonds. The molecular weight excluding hydrogens is 210 g/mol. The highest BCUT2D eigenvalue weighted by Crippen LogP contribution is 2.19. The molecule has 1 aliphatic rings. The highest BCUT2D eigenvalue weighted by molar-refractivity contribution is 4.89. The van der Waals surface area contributed by atoms with E-state index in [1.54, 1.807) is 0 Å². The summed E-state index contributed by atoms with van der Waals surface area (Å²) in [7, 11) is 0. The second-order valence-corrected chi connectivity index (χ2v) is 5.42. The third kappa shape index (κ3) is 3.67. The molecule has 0 aromatic heterocycles. The van der Waals surface area contributed by atoms with Gasteiger partial charge in [0.1, 0.15) is 0 Å². The third-order valence-electron chi connectivity index (χ3n) is 3.44. The van der Waals surface area contributed by atoms with Gasteiger partial charge in [-0.1, -0.05) is 27.7 Å². The Hall–Kier alpha value is -0.220. The van der Waals surface area contributed by atoms with Gasteiger partial charge < -0.3 is 5.32 Å². The van der Waals surface area contributed by atoms with E-state index in [9.17, 15) is 8.78 Å². The first-order chi connectivity index (χ1) is 7.41. The SMILES string of the molecule is CC(C)C1CN(CC(F)F)C(C(C)C)CN1. The molecule has 4 heteroatoms. The van der Waals surface area contributed by atoms with Crippen molar-refractivity contribution in [1.82, 2.24) is 10.2 Å². The van der Waals surface area contributed by atoms with E-state index in [4.69, 9.17) is 0 Å². The number of piperazine rings is 1. The van der Waals surface area contributed by atoms with Crippen LogP contribution in [0.15, 0.2) is 0 Å². The maximum atomic E-state index is 12.5. The summed E-state index contributed by atoms with van der Waals surface area (Å²) in [6, 6.07) is 0.581. The second-order valence-electron chi connectivity index (χ2n) is 5.42. The van der Waals surface area contributed by atoms with Gasteiger partial charge in [-0.2, -0.15) is 0 Å². The lowest BCUT2D eigenvalue weighted by molar-refractivity contribution is 0.0226. The number of hydrogen-bond donors (Lipinski definition) is 1. The van der Waals surface area contributed by atoms with Gasteiger partial charge in [0.25, 0.3) is 6.43 Å². The highest BCUT2D eigenvalue weighted by Gasteiger charge is 2.32. The van der Waals surface area contributed by atoms with Crippen molar-refractivity contribution in [3.05, 3.63) is 0 Å². The van der Waals surface area contributed by atoms with E-state index in [-0.39, 0.29) is 12.6 Å².